The molecule has 3 heterocycles. The lowest BCUT2D eigenvalue weighted by Gasteiger charge is -2.27. The van der Waals surface area contributed by atoms with Gasteiger partial charge in [0.05, 0.1) is 10.2 Å². The summed E-state index contributed by atoms with van der Waals surface area (Å²) in [7, 11) is 0. The van der Waals surface area contributed by atoms with Gasteiger partial charge in [0, 0.05) is 40.5 Å². The minimum absolute atomic E-state index is 0.0759. The predicted molar refractivity (Wildman–Crippen MR) is 153 cm³/mol. The average Bonchev–Trinajstić information content (AvgIpc) is 3.49. The SMILES string of the molecule is CSc1cccc(C(=O)Nc2sc3c(c2-c2nc4ccccc4s2)CCN(Cc2ccccc2)C3)c1. The molecule has 1 N–H and O–H groups in total. The molecule has 0 saturated heterocycles. The van der Waals surface area contributed by atoms with Gasteiger partial charge in [-0.2, -0.15) is 0 Å². The van der Waals surface area contributed by atoms with E-state index < -0.39 is 0 Å². The molecule has 0 fully saturated rings. The number of para-hydroxylation sites is 1. The summed E-state index contributed by atoms with van der Waals surface area (Å²) in [5.74, 6) is -0.0759. The van der Waals surface area contributed by atoms with Gasteiger partial charge in [0.25, 0.3) is 5.91 Å². The number of hydrogen-bond donors (Lipinski definition) is 1. The number of fused-ring (bicyclic) bond motifs is 2. The van der Waals surface area contributed by atoms with Crippen molar-refractivity contribution >= 4 is 55.6 Å². The normalized spacial score (nSPS) is 13.6. The quantitative estimate of drug-likeness (QED) is 0.232. The first-order valence-corrected chi connectivity index (χ1v) is 14.8. The Hall–Kier alpha value is -2.97. The Morgan fingerprint density at radius 1 is 1.03 bits per heavy atom. The third kappa shape index (κ3) is 4.72. The molecule has 2 aromatic heterocycles. The fraction of sp³-hybridized carbons (Fsp3) is 0.172. The number of nitrogens with zero attached hydrogens (tertiary/aromatic N) is 2. The summed E-state index contributed by atoms with van der Waals surface area (Å²) in [6.07, 6.45) is 2.97. The summed E-state index contributed by atoms with van der Waals surface area (Å²) in [5, 5.41) is 5.15. The van der Waals surface area contributed by atoms with Crippen molar-refractivity contribution in [3.8, 4) is 10.6 Å². The molecule has 0 spiro atoms. The van der Waals surface area contributed by atoms with Gasteiger partial charge in [-0.25, -0.2) is 4.98 Å². The minimum atomic E-state index is -0.0759. The number of rotatable bonds is 6. The molecule has 0 radical (unpaired) electrons. The van der Waals surface area contributed by atoms with Gasteiger partial charge in [0.15, 0.2) is 0 Å². The molecule has 0 bridgehead atoms. The van der Waals surface area contributed by atoms with Crippen molar-refractivity contribution in [2.24, 2.45) is 0 Å². The zero-order chi connectivity index (χ0) is 24.5. The smallest absolute Gasteiger partial charge is 0.256 e. The first kappa shape index (κ1) is 23.4. The van der Waals surface area contributed by atoms with Crippen LogP contribution in [0.25, 0.3) is 20.8 Å². The molecular weight excluding hydrogens is 503 g/mol. The number of carbonyl (C=O) groups is 1. The Kier molecular flexibility index (Phi) is 6.63. The molecule has 1 amide bonds. The van der Waals surface area contributed by atoms with E-state index in [9.17, 15) is 4.79 Å². The molecule has 6 rings (SSSR count). The lowest BCUT2D eigenvalue weighted by atomic mass is 10.0. The lowest BCUT2D eigenvalue weighted by molar-refractivity contribution is 0.102. The van der Waals surface area contributed by atoms with E-state index in [1.165, 1.54) is 20.7 Å². The second kappa shape index (κ2) is 10.2. The van der Waals surface area contributed by atoms with Crippen molar-refractivity contribution in [3.63, 3.8) is 0 Å². The largest absolute Gasteiger partial charge is 0.313 e. The van der Waals surface area contributed by atoms with Gasteiger partial charge < -0.3 is 5.32 Å². The summed E-state index contributed by atoms with van der Waals surface area (Å²) < 4.78 is 1.17. The van der Waals surface area contributed by atoms with Gasteiger partial charge in [-0.15, -0.1) is 34.4 Å². The number of aromatic nitrogens is 1. The van der Waals surface area contributed by atoms with Crippen LogP contribution in [-0.2, 0) is 19.5 Å². The van der Waals surface area contributed by atoms with Crippen molar-refractivity contribution in [1.29, 1.82) is 0 Å². The van der Waals surface area contributed by atoms with Crippen LogP contribution in [-0.4, -0.2) is 28.6 Å². The molecule has 5 aromatic rings. The van der Waals surface area contributed by atoms with E-state index in [0.29, 0.717) is 5.56 Å². The highest BCUT2D eigenvalue weighted by Gasteiger charge is 2.28. The minimum Gasteiger partial charge on any atom is -0.313 e. The van der Waals surface area contributed by atoms with Crippen molar-refractivity contribution in [3.05, 3.63) is 100 Å². The molecule has 4 nitrogen and oxygen atoms in total. The average molecular weight is 528 g/mol. The monoisotopic (exact) mass is 527 g/mol. The van der Waals surface area contributed by atoms with Crippen LogP contribution in [0.1, 0.15) is 26.4 Å². The molecule has 1 aliphatic rings. The van der Waals surface area contributed by atoms with E-state index in [1.807, 2.05) is 36.6 Å². The maximum absolute atomic E-state index is 13.3. The van der Waals surface area contributed by atoms with Crippen molar-refractivity contribution < 1.29 is 4.79 Å². The summed E-state index contributed by atoms with van der Waals surface area (Å²) in [5.41, 5.74) is 5.44. The molecule has 3 aromatic carbocycles. The number of anilines is 1. The van der Waals surface area contributed by atoms with Crippen LogP contribution in [0.2, 0.25) is 0 Å². The summed E-state index contributed by atoms with van der Waals surface area (Å²) >= 11 is 5.04. The van der Waals surface area contributed by atoms with Crippen LogP contribution >= 0.6 is 34.4 Å². The lowest BCUT2D eigenvalue weighted by Crippen LogP contribution is -2.29. The number of hydrogen-bond acceptors (Lipinski definition) is 6. The van der Waals surface area contributed by atoms with Gasteiger partial charge in [-0.3, -0.25) is 9.69 Å². The van der Waals surface area contributed by atoms with Gasteiger partial charge >= 0.3 is 0 Å². The highest BCUT2D eigenvalue weighted by molar-refractivity contribution is 7.98. The molecule has 0 atom stereocenters. The third-order valence-corrected chi connectivity index (χ3v) is 9.36. The van der Waals surface area contributed by atoms with Crippen LogP contribution < -0.4 is 5.32 Å². The first-order valence-electron chi connectivity index (χ1n) is 11.9. The highest BCUT2D eigenvalue weighted by atomic mass is 32.2. The van der Waals surface area contributed by atoms with Gasteiger partial charge in [0.2, 0.25) is 0 Å². The summed E-state index contributed by atoms with van der Waals surface area (Å²) in [6, 6.07) is 26.7. The zero-order valence-electron chi connectivity index (χ0n) is 19.9. The Balaban J connectivity index is 1.36. The first-order chi connectivity index (χ1) is 17.7. The second-order valence-corrected chi connectivity index (χ2v) is 11.8. The predicted octanol–water partition coefficient (Wildman–Crippen LogP) is 7.56. The molecule has 180 valence electrons. The molecule has 7 heteroatoms. The van der Waals surface area contributed by atoms with Gasteiger partial charge in [-0.1, -0.05) is 48.5 Å². The molecule has 1 aliphatic heterocycles. The number of benzene rings is 3. The fourth-order valence-electron chi connectivity index (χ4n) is 4.67. The van der Waals surface area contributed by atoms with Gasteiger partial charge in [-0.05, 0) is 54.1 Å². The Morgan fingerprint density at radius 2 is 1.86 bits per heavy atom. The molecular formula is C29H25N3OS3. The van der Waals surface area contributed by atoms with Crippen molar-refractivity contribution in [2.45, 2.75) is 24.4 Å². The van der Waals surface area contributed by atoms with E-state index in [4.69, 9.17) is 4.98 Å². The number of thiazole rings is 1. The van der Waals surface area contributed by atoms with Crippen molar-refractivity contribution in [2.75, 3.05) is 18.1 Å². The molecule has 0 unspecified atom stereocenters. The second-order valence-electron chi connectivity index (χ2n) is 8.83. The maximum Gasteiger partial charge on any atom is 0.256 e. The van der Waals surface area contributed by atoms with E-state index >= 15 is 0 Å². The van der Waals surface area contributed by atoms with E-state index in [2.05, 4.69) is 58.7 Å². The summed E-state index contributed by atoms with van der Waals surface area (Å²) in [4.78, 5) is 23.2. The maximum atomic E-state index is 13.3. The zero-order valence-corrected chi connectivity index (χ0v) is 22.3. The number of carbonyl (C=O) groups excluding carboxylic acids is 1. The van der Waals surface area contributed by atoms with Crippen LogP contribution in [0.5, 0.6) is 0 Å². The van der Waals surface area contributed by atoms with Crippen molar-refractivity contribution in [1.82, 2.24) is 9.88 Å². The van der Waals surface area contributed by atoms with E-state index in [-0.39, 0.29) is 5.91 Å². The highest BCUT2D eigenvalue weighted by Crippen LogP contribution is 2.46. The Morgan fingerprint density at radius 3 is 2.69 bits per heavy atom. The number of nitrogens with one attached hydrogen (secondary N) is 1. The molecule has 0 aliphatic carbocycles. The Bertz CT molecular complexity index is 1510. The number of thiophene rings is 1. The summed E-state index contributed by atoms with van der Waals surface area (Å²) in [6.45, 7) is 2.79. The van der Waals surface area contributed by atoms with Crippen LogP contribution in [0.15, 0.2) is 83.8 Å². The van der Waals surface area contributed by atoms with E-state index in [1.54, 1.807) is 34.4 Å². The number of amides is 1. The Labute approximate surface area is 223 Å². The standard InChI is InChI=1S/C29H25N3OS3/c1-34-21-11-7-10-20(16-21)27(33)31-29-26(28-30-23-12-5-6-13-24(23)35-28)22-14-15-32(18-25(22)36-29)17-19-8-3-2-4-9-19/h2-13,16H,14-15,17-18H2,1H3,(H,31,33). The topological polar surface area (TPSA) is 45.2 Å². The molecule has 0 saturated carbocycles. The molecule has 36 heavy (non-hydrogen) atoms. The van der Waals surface area contributed by atoms with Crippen LogP contribution in [0, 0.1) is 0 Å². The fourth-order valence-corrected chi connectivity index (χ4v) is 7.52. The number of thioether (sulfide) groups is 1. The van der Waals surface area contributed by atoms with Crippen LogP contribution in [0.3, 0.4) is 0 Å². The van der Waals surface area contributed by atoms with Gasteiger partial charge in [0.1, 0.15) is 10.0 Å². The van der Waals surface area contributed by atoms with E-state index in [0.717, 1.165) is 52.0 Å². The third-order valence-electron chi connectivity index (χ3n) is 6.45. The van der Waals surface area contributed by atoms with Crippen LogP contribution in [0.4, 0.5) is 5.00 Å².